The van der Waals surface area contributed by atoms with Crippen molar-refractivity contribution in [1.82, 2.24) is 0 Å². The first-order valence-corrected chi connectivity index (χ1v) is 7.76. The van der Waals surface area contributed by atoms with Crippen molar-refractivity contribution in [3.8, 4) is 0 Å². The number of rotatable bonds is 3. The lowest BCUT2D eigenvalue weighted by Crippen LogP contribution is -2.16. The van der Waals surface area contributed by atoms with E-state index in [2.05, 4.69) is 5.32 Å². The van der Waals surface area contributed by atoms with Gasteiger partial charge in [0.1, 0.15) is 5.82 Å². The molecule has 1 heterocycles. The highest BCUT2D eigenvalue weighted by Gasteiger charge is 2.27. The number of anilines is 2. The molecule has 1 atom stereocenters. The summed E-state index contributed by atoms with van der Waals surface area (Å²) in [4.78, 5) is 0. The van der Waals surface area contributed by atoms with Crippen LogP contribution in [-0.2, 0) is 9.84 Å². The fourth-order valence-corrected chi connectivity index (χ4v) is 4.04. The summed E-state index contributed by atoms with van der Waals surface area (Å²) in [6.45, 7) is 0.463. The largest absolute Gasteiger partial charge is 0.397 e. The molecule has 1 saturated heterocycles. The highest BCUT2D eigenvalue weighted by molar-refractivity contribution is 7.91. The fraction of sp³-hybridized carbons (Fsp3) is 0.455. The minimum atomic E-state index is -2.89. The summed E-state index contributed by atoms with van der Waals surface area (Å²) in [5.41, 5.74) is 6.49. The van der Waals surface area contributed by atoms with Gasteiger partial charge < -0.3 is 11.1 Å². The Morgan fingerprint density at radius 2 is 2.22 bits per heavy atom. The van der Waals surface area contributed by atoms with E-state index in [9.17, 15) is 12.8 Å². The van der Waals surface area contributed by atoms with Gasteiger partial charge in [-0.05, 0) is 18.4 Å². The molecule has 0 aromatic heterocycles. The quantitative estimate of drug-likeness (QED) is 0.835. The van der Waals surface area contributed by atoms with Crippen LogP contribution in [0.3, 0.4) is 0 Å². The molecule has 0 bridgehead atoms. The zero-order chi connectivity index (χ0) is 13.3. The molecule has 0 spiro atoms. The second kappa shape index (κ2) is 4.93. The molecule has 1 aromatic carbocycles. The lowest BCUT2D eigenvalue weighted by Gasteiger charge is -2.13. The van der Waals surface area contributed by atoms with E-state index in [1.807, 2.05) is 0 Å². The number of nitrogens with two attached hydrogens (primary N) is 1. The third-order valence-corrected chi connectivity index (χ3v) is 5.13. The summed E-state index contributed by atoms with van der Waals surface area (Å²) in [6, 6.07) is 2.56. The summed E-state index contributed by atoms with van der Waals surface area (Å²) in [7, 11) is -2.89. The van der Waals surface area contributed by atoms with E-state index < -0.39 is 15.7 Å². The van der Waals surface area contributed by atoms with E-state index in [4.69, 9.17) is 17.3 Å². The molecule has 0 radical (unpaired) electrons. The van der Waals surface area contributed by atoms with Crippen LogP contribution in [0.2, 0.25) is 5.02 Å². The molecule has 100 valence electrons. The van der Waals surface area contributed by atoms with Crippen molar-refractivity contribution in [2.75, 3.05) is 29.1 Å². The molecule has 1 aliphatic rings. The van der Waals surface area contributed by atoms with Crippen LogP contribution in [0.25, 0.3) is 0 Å². The van der Waals surface area contributed by atoms with Gasteiger partial charge in [-0.2, -0.15) is 0 Å². The highest BCUT2D eigenvalue weighted by atomic mass is 35.5. The number of nitrogens with one attached hydrogen (secondary N) is 1. The van der Waals surface area contributed by atoms with Gasteiger partial charge in [0.2, 0.25) is 0 Å². The van der Waals surface area contributed by atoms with E-state index in [0.29, 0.717) is 24.3 Å². The number of hydrogen-bond donors (Lipinski definition) is 2. The molecule has 0 amide bonds. The van der Waals surface area contributed by atoms with E-state index in [-0.39, 0.29) is 22.4 Å². The van der Waals surface area contributed by atoms with Gasteiger partial charge in [-0.25, -0.2) is 12.8 Å². The molecule has 3 N–H and O–H groups in total. The van der Waals surface area contributed by atoms with Gasteiger partial charge in [0.05, 0.1) is 27.9 Å². The molecular formula is C11H14ClFN2O2S. The molecule has 1 fully saturated rings. The average molecular weight is 293 g/mol. The van der Waals surface area contributed by atoms with Crippen molar-refractivity contribution in [3.05, 3.63) is 23.0 Å². The van der Waals surface area contributed by atoms with Crippen molar-refractivity contribution in [1.29, 1.82) is 0 Å². The highest BCUT2D eigenvalue weighted by Crippen LogP contribution is 2.27. The molecular weight excluding hydrogens is 279 g/mol. The molecule has 0 aliphatic carbocycles. The summed E-state index contributed by atoms with van der Waals surface area (Å²) in [5.74, 6) is -0.0969. The van der Waals surface area contributed by atoms with Crippen molar-refractivity contribution < 1.29 is 12.8 Å². The van der Waals surface area contributed by atoms with Crippen LogP contribution in [-0.4, -0.2) is 26.5 Å². The first kappa shape index (κ1) is 13.4. The van der Waals surface area contributed by atoms with Gasteiger partial charge in [-0.1, -0.05) is 11.6 Å². The first-order valence-electron chi connectivity index (χ1n) is 5.56. The van der Waals surface area contributed by atoms with Crippen LogP contribution >= 0.6 is 11.6 Å². The van der Waals surface area contributed by atoms with Crippen molar-refractivity contribution in [2.24, 2.45) is 5.92 Å². The van der Waals surface area contributed by atoms with E-state index in [0.717, 1.165) is 0 Å². The Bertz CT molecular complexity index is 562. The Morgan fingerprint density at radius 1 is 1.50 bits per heavy atom. The van der Waals surface area contributed by atoms with Gasteiger partial charge in [0, 0.05) is 12.6 Å². The maximum Gasteiger partial charge on any atom is 0.150 e. The molecule has 7 heteroatoms. The van der Waals surface area contributed by atoms with E-state index in [1.54, 1.807) is 0 Å². The van der Waals surface area contributed by atoms with Crippen LogP contribution in [0, 0.1) is 11.7 Å². The van der Waals surface area contributed by atoms with Crippen LogP contribution in [0.5, 0.6) is 0 Å². The normalized spacial score (nSPS) is 22.0. The third kappa shape index (κ3) is 3.05. The van der Waals surface area contributed by atoms with Gasteiger partial charge in [0.25, 0.3) is 0 Å². The van der Waals surface area contributed by atoms with Gasteiger partial charge in [0.15, 0.2) is 9.84 Å². The molecule has 0 saturated carbocycles. The predicted molar refractivity (Wildman–Crippen MR) is 71.1 cm³/mol. The Hall–Kier alpha value is -1.01. The van der Waals surface area contributed by atoms with Crippen molar-refractivity contribution >= 4 is 32.8 Å². The number of benzene rings is 1. The zero-order valence-corrected chi connectivity index (χ0v) is 11.2. The summed E-state index contributed by atoms with van der Waals surface area (Å²) < 4.78 is 35.8. The molecule has 1 unspecified atom stereocenters. The predicted octanol–water partition coefficient (Wildman–Crippen LogP) is 1.91. The average Bonchev–Trinajstić information content (AvgIpc) is 2.62. The monoisotopic (exact) mass is 292 g/mol. The topological polar surface area (TPSA) is 72.2 Å². The van der Waals surface area contributed by atoms with Gasteiger partial charge in [-0.15, -0.1) is 0 Å². The first-order chi connectivity index (χ1) is 8.37. The summed E-state index contributed by atoms with van der Waals surface area (Å²) in [6.07, 6.45) is 0.630. The number of hydrogen-bond acceptors (Lipinski definition) is 4. The van der Waals surface area contributed by atoms with Crippen molar-refractivity contribution in [3.63, 3.8) is 0 Å². The number of sulfone groups is 1. The zero-order valence-electron chi connectivity index (χ0n) is 9.62. The smallest absolute Gasteiger partial charge is 0.150 e. The molecule has 1 aliphatic heterocycles. The molecule has 18 heavy (non-hydrogen) atoms. The number of nitrogen functional groups attached to an aromatic ring is 1. The maximum absolute atomic E-state index is 13.3. The summed E-state index contributed by atoms with van der Waals surface area (Å²) >= 11 is 5.59. The minimum absolute atomic E-state index is 0.0264. The lowest BCUT2D eigenvalue weighted by molar-refractivity contribution is 0.595. The Kier molecular flexibility index (Phi) is 3.68. The third-order valence-electron chi connectivity index (χ3n) is 3.00. The second-order valence-electron chi connectivity index (χ2n) is 4.50. The Balaban J connectivity index is 2.01. The fourth-order valence-electron chi connectivity index (χ4n) is 2.00. The molecule has 1 aromatic rings. The Morgan fingerprint density at radius 3 is 2.83 bits per heavy atom. The minimum Gasteiger partial charge on any atom is -0.397 e. The molecule has 4 nitrogen and oxygen atoms in total. The van der Waals surface area contributed by atoms with Crippen LogP contribution < -0.4 is 11.1 Å². The SMILES string of the molecule is Nc1cc(Cl)c(F)cc1NCC1CCS(=O)(=O)C1. The lowest BCUT2D eigenvalue weighted by atomic mass is 10.1. The van der Waals surface area contributed by atoms with Crippen LogP contribution in [0.15, 0.2) is 12.1 Å². The Labute approximate surface area is 110 Å². The second-order valence-corrected chi connectivity index (χ2v) is 7.14. The van der Waals surface area contributed by atoms with Crippen LogP contribution in [0.1, 0.15) is 6.42 Å². The maximum atomic E-state index is 13.3. The van der Waals surface area contributed by atoms with E-state index in [1.165, 1.54) is 12.1 Å². The number of halogens is 2. The summed E-state index contributed by atoms with van der Waals surface area (Å²) in [5, 5.41) is 2.95. The van der Waals surface area contributed by atoms with Crippen molar-refractivity contribution in [2.45, 2.75) is 6.42 Å². The van der Waals surface area contributed by atoms with Gasteiger partial charge in [-0.3, -0.25) is 0 Å². The standard InChI is InChI=1S/C11H14ClFN2O2S/c12-8-3-10(14)11(4-9(8)13)15-5-7-1-2-18(16,17)6-7/h3-4,7,15H,1-2,5-6,14H2. The molecule has 2 rings (SSSR count). The van der Waals surface area contributed by atoms with E-state index >= 15 is 0 Å². The van der Waals surface area contributed by atoms with Gasteiger partial charge >= 0.3 is 0 Å². The van der Waals surface area contributed by atoms with Crippen LogP contribution in [0.4, 0.5) is 15.8 Å².